The van der Waals surface area contributed by atoms with Gasteiger partial charge in [0.25, 0.3) is 0 Å². The Labute approximate surface area is 134 Å². The Morgan fingerprint density at radius 3 is 2.60 bits per heavy atom. The molecule has 0 radical (unpaired) electrons. The van der Waals surface area contributed by atoms with Gasteiger partial charge in [-0.25, -0.2) is 4.98 Å². The first-order valence-electron chi connectivity index (χ1n) is 6.87. The third kappa shape index (κ3) is 3.09. The van der Waals surface area contributed by atoms with E-state index in [9.17, 15) is 0 Å². The molecular formula is C16H20BrClN2. The van der Waals surface area contributed by atoms with Gasteiger partial charge in [0, 0.05) is 17.5 Å². The van der Waals surface area contributed by atoms with E-state index in [2.05, 4.69) is 55.0 Å². The lowest BCUT2D eigenvalue weighted by atomic mass is 9.86. The summed E-state index contributed by atoms with van der Waals surface area (Å²) in [4.78, 5) is 4.80. The Morgan fingerprint density at radius 2 is 2.00 bits per heavy atom. The number of nitrogens with one attached hydrogen (secondary N) is 1. The van der Waals surface area contributed by atoms with Gasteiger partial charge in [-0.15, -0.1) is 0 Å². The van der Waals surface area contributed by atoms with Crippen molar-refractivity contribution in [2.24, 2.45) is 0 Å². The van der Waals surface area contributed by atoms with Crippen LogP contribution in [-0.2, 0) is 5.41 Å². The van der Waals surface area contributed by atoms with E-state index < -0.39 is 0 Å². The zero-order valence-electron chi connectivity index (χ0n) is 12.3. The van der Waals surface area contributed by atoms with E-state index in [4.69, 9.17) is 16.6 Å². The van der Waals surface area contributed by atoms with Gasteiger partial charge in [-0.05, 0) is 39.9 Å². The van der Waals surface area contributed by atoms with Gasteiger partial charge in [0.1, 0.15) is 5.82 Å². The summed E-state index contributed by atoms with van der Waals surface area (Å²) < 4.78 is 0.858. The number of hydrogen-bond donors (Lipinski definition) is 1. The van der Waals surface area contributed by atoms with Crippen molar-refractivity contribution in [1.29, 1.82) is 0 Å². The molecule has 108 valence electrons. The highest BCUT2D eigenvalue weighted by atomic mass is 79.9. The van der Waals surface area contributed by atoms with Crippen LogP contribution in [0, 0.1) is 0 Å². The van der Waals surface area contributed by atoms with E-state index >= 15 is 0 Å². The van der Waals surface area contributed by atoms with Crippen molar-refractivity contribution >= 4 is 44.3 Å². The number of nitrogens with zero attached hydrogens (tertiary/aromatic N) is 1. The molecular weight excluding hydrogens is 336 g/mol. The quantitative estimate of drug-likeness (QED) is 0.756. The van der Waals surface area contributed by atoms with Gasteiger partial charge in [-0.2, -0.15) is 0 Å². The highest BCUT2D eigenvalue weighted by Gasteiger charge is 2.20. The third-order valence-electron chi connectivity index (χ3n) is 3.23. The minimum atomic E-state index is 0.0450. The second kappa shape index (κ2) is 5.90. The molecule has 1 aromatic carbocycles. The summed E-state index contributed by atoms with van der Waals surface area (Å²) in [5, 5.41) is 5.23. The Balaban J connectivity index is 2.68. The fourth-order valence-corrected chi connectivity index (χ4v) is 2.73. The maximum atomic E-state index is 6.17. The summed E-state index contributed by atoms with van der Waals surface area (Å²) in [6.07, 6.45) is 1.07. The van der Waals surface area contributed by atoms with Crippen molar-refractivity contribution in [3.05, 3.63) is 33.3 Å². The number of fused-ring (bicyclic) bond motifs is 1. The largest absolute Gasteiger partial charge is 0.370 e. The third-order valence-corrected chi connectivity index (χ3v) is 4.58. The number of anilines is 1. The van der Waals surface area contributed by atoms with Crippen molar-refractivity contribution in [1.82, 2.24) is 4.98 Å². The van der Waals surface area contributed by atoms with Gasteiger partial charge in [-0.3, -0.25) is 0 Å². The number of hydrogen-bond acceptors (Lipinski definition) is 2. The summed E-state index contributed by atoms with van der Waals surface area (Å²) in [5.74, 6) is 0.954. The van der Waals surface area contributed by atoms with Crippen molar-refractivity contribution in [3.8, 4) is 0 Å². The standard InChI is InChI=1S/C16H20BrClN2/c1-5-8-19-15-11(16(2,3)4)9-10-6-7-12(18)13(17)14(10)20-15/h6-7,9H,5,8H2,1-4H3,(H,19,20). The molecule has 4 heteroatoms. The van der Waals surface area contributed by atoms with Crippen LogP contribution in [0.3, 0.4) is 0 Å². The summed E-state index contributed by atoms with van der Waals surface area (Å²) >= 11 is 9.70. The minimum absolute atomic E-state index is 0.0450. The molecule has 0 atom stereocenters. The maximum Gasteiger partial charge on any atom is 0.130 e. The molecule has 2 aromatic rings. The van der Waals surface area contributed by atoms with E-state index in [1.54, 1.807) is 0 Å². The van der Waals surface area contributed by atoms with E-state index in [1.165, 1.54) is 5.56 Å². The van der Waals surface area contributed by atoms with Crippen molar-refractivity contribution in [2.75, 3.05) is 11.9 Å². The molecule has 2 rings (SSSR count). The molecule has 0 aliphatic carbocycles. The van der Waals surface area contributed by atoms with E-state index in [-0.39, 0.29) is 5.41 Å². The van der Waals surface area contributed by atoms with Crippen LogP contribution in [0.2, 0.25) is 5.02 Å². The summed E-state index contributed by atoms with van der Waals surface area (Å²) in [7, 11) is 0. The molecule has 1 N–H and O–H groups in total. The van der Waals surface area contributed by atoms with Crippen LogP contribution in [0.4, 0.5) is 5.82 Å². The summed E-state index contributed by atoms with van der Waals surface area (Å²) in [6.45, 7) is 9.69. The van der Waals surface area contributed by atoms with Crippen LogP contribution in [-0.4, -0.2) is 11.5 Å². The lowest BCUT2D eigenvalue weighted by Gasteiger charge is -2.23. The maximum absolute atomic E-state index is 6.17. The Morgan fingerprint density at radius 1 is 1.30 bits per heavy atom. The van der Waals surface area contributed by atoms with Crippen LogP contribution < -0.4 is 5.32 Å². The molecule has 0 saturated heterocycles. The molecule has 0 aliphatic heterocycles. The van der Waals surface area contributed by atoms with Crippen LogP contribution in [0.25, 0.3) is 10.9 Å². The van der Waals surface area contributed by atoms with Gasteiger partial charge < -0.3 is 5.32 Å². The average Bonchev–Trinajstić information content (AvgIpc) is 2.39. The van der Waals surface area contributed by atoms with Crippen LogP contribution >= 0.6 is 27.5 Å². The first-order chi connectivity index (χ1) is 9.34. The predicted molar refractivity (Wildman–Crippen MR) is 91.9 cm³/mol. The van der Waals surface area contributed by atoms with Crippen LogP contribution in [0.1, 0.15) is 39.7 Å². The number of halogens is 2. The lowest BCUT2D eigenvalue weighted by Crippen LogP contribution is -2.16. The summed E-state index contributed by atoms with van der Waals surface area (Å²) in [6, 6.07) is 6.14. The first-order valence-corrected chi connectivity index (χ1v) is 8.04. The molecule has 0 saturated carbocycles. The predicted octanol–water partition coefficient (Wildman–Crippen LogP) is 5.77. The second-order valence-electron chi connectivity index (χ2n) is 5.99. The smallest absolute Gasteiger partial charge is 0.130 e. The molecule has 1 aromatic heterocycles. The molecule has 0 fully saturated rings. The van der Waals surface area contributed by atoms with E-state index in [1.807, 2.05) is 12.1 Å². The number of pyridine rings is 1. The SMILES string of the molecule is CCCNc1nc2c(Br)c(Cl)ccc2cc1C(C)(C)C. The van der Waals surface area contributed by atoms with Crippen molar-refractivity contribution < 1.29 is 0 Å². The first kappa shape index (κ1) is 15.6. The highest BCUT2D eigenvalue weighted by Crippen LogP contribution is 2.36. The fraction of sp³-hybridized carbons (Fsp3) is 0.438. The molecule has 1 heterocycles. The lowest BCUT2D eigenvalue weighted by molar-refractivity contribution is 0.590. The Kier molecular flexibility index (Phi) is 4.60. The molecule has 0 spiro atoms. The number of aromatic nitrogens is 1. The normalized spacial score (nSPS) is 11.9. The van der Waals surface area contributed by atoms with E-state index in [0.29, 0.717) is 5.02 Å². The Bertz CT molecular complexity index is 632. The van der Waals surface area contributed by atoms with Gasteiger partial charge >= 0.3 is 0 Å². The average molecular weight is 356 g/mol. The zero-order chi connectivity index (χ0) is 14.9. The summed E-state index contributed by atoms with van der Waals surface area (Å²) in [5.41, 5.74) is 2.18. The molecule has 20 heavy (non-hydrogen) atoms. The van der Waals surface area contributed by atoms with Crippen LogP contribution in [0.15, 0.2) is 22.7 Å². The minimum Gasteiger partial charge on any atom is -0.370 e. The van der Waals surface area contributed by atoms with Crippen LogP contribution in [0.5, 0.6) is 0 Å². The highest BCUT2D eigenvalue weighted by molar-refractivity contribution is 9.10. The number of benzene rings is 1. The monoisotopic (exact) mass is 354 g/mol. The molecule has 0 amide bonds. The molecule has 2 nitrogen and oxygen atoms in total. The molecule has 0 aliphatic rings. The van der Waals surface area contributed by atoms with Gasteiger partial charge in [-0.1, -0.05) is 45.4 Å². The fourth-order valence-electron chi connectivity index (χ4n) is 2.13. The van der Waals surface area contributed by atoms with E-state index in [0.717, 1.165) is 34.2 Å². The van der Waals surface area contributed by atoms with Gasteiger partial charge in [0.2, 0.25) is 0 Å². The topological polar surface area (TPSA) is 24.9 Å². The van der Waals surface area contributed by atoms with Crippen molar-refractivity contribution in [2.45, 2.75) is 39.5 Å². The van der Waals surface area contributed by atoms with Crippen molar-refractivity contribution in [3.63, 3.8) is 0 Å². The molecule has 0 unspecified atom stereocenters. The molecule has 0 bridgehead atoms. The van der Waals surface area contributed by atoms with Gasteiger partial charge in [0.05, 0.1) is 15.0 Å². The zero-order valence-corrected chi connectivity index (χ0v) is 14.7. The number of rotatable bonds is 3. The second-order valence-corrected chi connectivity index (χ2v) is 7.19. The Hall–Kier alpha value is -0.800. The van der Waals surface area contributed by atoms with Gasteiger partial charge in [0.15, 0.2) is 0 Å².